The maximum Gasteiger partial charge on any atom is 0.241 e. The molecule has 1 aromatic carbocycles. The maximum atomic E-state index is 12.3. The second kappa shape index (κ2) is 9.30. The third-order valence-electron chi connectivity index (χ3n) is 4.53. The molecule has 0 bridgehead atoms. The van der Waals surface area contributed by atoms with Crippen molar-refractivity contribution < 1.29 is 9.59 Å². The number of hydrogen-bond acceptors (Lipinski definition) is 3. The Morgan fingerprint density at radius 3 is 2.50 bits per heavy atom. The maximum absolute atomic E-state index is 12.3. The van der Waals surface area contributed by atoms with E-state index in [4.69, 9.17) is 0 Å². The third-order valence-corrected chi connectivity index (χ3v) is 4.53. The minimum atomic E-state index is 0.0761. The molecule has 1 fully saturated rings. The van der Waals surface area contributed by atoms with Crippen molar-refractivity contribution in [1.82, 2.24) is 9.80 Å². The fourth-order valence-corrected chi connectivity index (χ4v) is 3.06. The van der Waals surface area contributed by atoms with Crippen LogP contribution in [0.1, 0.15) is 45.1 Å². The van der Waals surface area contributed by atoms with E-state index in [1.165, 1.54) is 12.8 Å². The van der Waals surface area contributed by atoms with Crippen LogP contribution in [0.25, 0.3) is 0 Å². The van der Waals surface area contributed by atoms with E-state index >= 15 is 0 Å². The summed E-state index contributed by atoms with van der Waals surface area (Å²) >= 11 is 0. The van der Waals surface area contributed by atoms with Crippen molar-refractivity contribution in [3.63, 3.8) is 0 Å². The summed E-state index contributed by atoms with van der Waals surface area (Å²) in [6.07, 6.45) is 4.67. The Bertz CT molecular complexity index is 551. The normalized spacial score (nSPS) is 14.8. The highest BCUT2D eigenvalue weighted by Gasteiger charge is 2.15. The zero-order chi connectivity index (χ0) is 17.4. The topological polar surface area (TPSA) is 52.7 Å². The molecule has 1 aliphatic rings. The molecule has 0 spiro atoms. The smallest absolute Gasteiger partial charge is 0.241 e. The van der Waals surface area contributed by atoms with E-state index in [9.17, 15) is 9.59 Å². The molecule has 0 atom stereocenters. The molecular weight excluding hydrogens is 302 g/mol. The summed E-state index contributed by atoms with van der Waals surface area (Å²) in [6.45, 7) is 6.94. The molecule has 5 heteroatoms. The zero-order valence-electron chi connectivity index (χ0n) is 14.9. The van der Waals surface area contributed by atoms with Gasteiger partial charge in [0, 0.05) is 38.8 Å². The van der Waals surface area contributed by atoms with E-state index in [1.807, 2.05) is 36.1 Å². The molecule has 1 aromatic rings. The van der Waals surface area contributed by atoms with Crippen LogP contribution in [0.4, 0.5) is 5.69 Å². The second-order valence-corrected chi connectivity index (χ2v) is 6.38. The van der Waals surface area contributed by atoms with Crippen LogP contribution in [0.2, 0.25) is 0 Å². The first kappa shape index (κ1) is 18.3. The fourth-order valence-electron chi connectivity index (χ4n) is 3.06. The van der Waals surface area contributed by atoms with Gasteiger partial charge >= 0.3 is 0 Å². The van der Waals surface area contributed by atoms with E-state index in [0.717, 1.165) is 37.2 Å². The number of benzene rings is 1. The van der Waals surface area contributed by atoms with Crippen LogP contribution in [-0.4, -0.2) is 47.8 Å². The zero-order valence-corrected chi connectivity index (χ0v) is 14.9. The number of hydrogen-bond donors (Lipinski definition) is 1. The summed E-state index contributed by atoms with van der Waals surface area (Å²) < 4.78 is 0. The van der Waals surface area contributed by atoms with Gasteiger partial charge in [-0.25, -0.2) is 0 Å². The Labute approximate surface area is 145 Å². The first-order valence-electron chi connectivity index (χ1n) is 8.96. The summed E-state index contributed by atoms with van der Waals surface area (Å²) in [4.78, 5) is 27.6. The molecule has 0 unspecified atom stereocenters. The Morgan fingerprint density at radius 2 is 1.88 bits per heavy atom. The van der Waals surface area contributed by atoms with Crippen molar-refractivity contribution in [2.24, 2.45) is 0 Å². The molecule has 1 N–H and O–H groups in total. The monoisotopic (exact) mass is 331 g/mol. The van der Waals surface area contributed by atoms with Gasteiger partial charge in [0.05, 0.1) is 6.54 Å². The molecular formula is C19H29N3O2. The molecule has 0 saturated carbocycles. The Hall–Kier alpha value is -2.04. The number of likely N-dealkylation sites (tertiary alicyclic amines) is 1. The Morgan fingerprint density at radius 1 is 1.17 bits per heavy atom. The van der Waals surface area contributed by atoms with Crippen molar-refractivity contribution in [2.75, 3.05) is 31.5 Å². The Balaban J connectivity index is 1.89. The summed E-state index contributed by atoms with van der Waals surface area (Å²) in [5, 5.41) is 3.23. The molecule has 24 heavy (non-hydrogen) atoms. The Kier molecular flexibility index (Phi) is 7.09. The number of nitrogens with zero attached hydrogens (tertiary/aromatic N) is 2. The van der Waals surface area contributed by atoms with Gasteiger partial charge in [0.2, 0.25) is 11.8 Å². The minimum absolute atomic E-state index is 0.0761. The van der Waals surface area contributed by atoms with Gasteiger partial charge in [0.25, 0.3) is 0 Å². The first-order valence-corrected chi connectivity index (χ1v) is 8.96. The van der Waals surface area contributed by atoms with Crippen LogP contribution in [0.3, 0.4) is 0 Å². The number of amides is 2. The highest BCUT2D eigenvalue weighted by Crippen LogP contribution is 2.14. The number of anilines is 1. The third kappa shape index (κ3) is 5.55. The average molecular weight is 331 g/mol. The van der Waals surface area contributed by atoms with E-state index in [2.05, 4.69) is 5.32 Å². The van der Waals surface area contributed by atoms with Gasteiger partial charge in [-0.05, 0) is 37.5 Å². The average Bonchev–Trinajstić information content (AvgIpc) is 2.87. The van der Waals surface area contributed by atoms with E-state index in [1.54, 1.807) is 11.8 Å². The van der Waals surface area contributed by atoms with Crippen molar-refractivity contribution in [1.29, 1.82) is 0 Å². The molecule has 0 aliphatic carbocycles. The van der Waals surface area contributed by atoms with Gasteiger partial charge in [-0.3, -0.25) is 9.59 Å². The predicted octanol–water partition coefficient (Wildman–Crippen LogP) is 2.87. The number of nitrogens with one attached hydrogen (secondary N) is 1. The SMILES string of the molecule is CCN(Cc1cccc(NCC(=O)N2CCCCCC2)c1)C(C)=O. The van der Waals surface area contributed by atoms with Crippen LogP contribution < -0.4 is 5.32 Å². The van der Waals surface area contributed by atoms with Crippen molar-refractivity contribution in [3.8, 4) is 0 Å². The predicted molar refractivity (Wildman–Crippen MR) is 96.7 cm³/mol. The molecule has 2 amide bonds. The molecule has 1 saturated heterocycles. The standard InChI is InChI=1S/C19H29N3O2/c1-3-21(16(2)23)15-17-9-8-10-18(13-17)20-14-19(24)22-11-6-4-5-7-12-22/h8-10,13,20H,3-7,11-12,14-15H2,1-2H3. The molecule has 0 aromatic heterocycles. The lowest BCUT2D eigenvalue weighted by Crippen LogP contribution is -2.36. The highest BCUT2D eigenvalue weighted by atomic mass is 16.2. The summed E-state index contributed by atoms with van der Waals surface area (Å²) in [5.41, 5.74) is 1.99. The van der Waals surface area contributed by atoms with Crippen LogP contribution >= 0.6 is 0 Å². The lowest BCUT2D eigenvalue weighted by atomic mass is 10.2. The van der Waals surface area contributed by atoms with Gasteiger partial charge in [-0.2, -0.15) is 0 Å². The number of carbonyl (C=O) groups is 2. The van der Waals surface area contributed by atoms with Gasteiger partial charge in [-0.15, -0.1) is 0 Å². The van der Waals surface area contributed by atoms with Gasteiger partial charge in [-0.1, -0.05) is 25.0 Å². The minimum Gasteiger partial charge on any atom is -0.376 e. The van der Waals surface area contributed by atoms with Crippen molar-refractivity contribution in [2.45, 2.75) is 46.1 Å². The van der Waals surface area contributed by atoms with Crippen LogP contribution in [0.15, 0.2) is 24.3 Å². The van der Waals surface area contributed by atoms with E-state index in [-0.39, 0.29) is 11.8 Å². The second-order valence-electron chi connectivity index (χ2n) is 6.38. The van der Waals surface area contributed by atoms with Gasteiger partial charge < -0.3 is 15.1 Å². The van der Waals surface area contributed by atoms with Crippen molar-refractivity contribution in [3.05, 3.63) is 29.8 Å². The molecule has 0 radical (unpaired) electrons. The van der Waals surface area contributed by atoms with Crippen LogP contribution in [0.5, 0.6) is 0 Å². The molecule has 2 rings (SSSR count). The number of carbonyl (C=O) groups excluding carboxylic acids is 2. The van der Waals surface area contributed by atoms with Crippen LogP contribution in [-0.2, 0) is 16.1 Å². The van der Waals surface area contributed by atoms with Crippen molar-refractivity contribution >= 4 is 17.5 Å². The molecule has 5 nitrogen and oxygen atoms in total. The fraction of sp³-hybridized carbons (Fsp3) is 0.579. The summed E-state index contributed by atoms with van der Waals surface area (Å²) in [7, 11) is 0. The lowest BCUT2D eigenvalue weighted by Gasteiger charge is -2.21. The van der Waals surface area contributed by atoms with E-state index < -0.39 is 0 Å². The number of rotatable bonds is 6. The largest absolute Gasteiger partial charge is 0.376 e. The molecule has 1 aliphatic heterocycles. The highest BCUT2D eigenvalue weighted by molar-refractivity contribution is 5.81. The molecule has 132 valence electrons. The lowest BCUT2D eigenvalue weighted by molar-refractivity contribution is -0.130. The van der Waals surface area contributed by atoms with Gasteiger partial charge in [0.15, 0.2) is 0 Å². The van der Waals surface area contributed by atoms with Crippen LogP contribution in [0, 0.1) is 0 Å². The van der Waals surface area contributed by atoms with E-state index in [0.29, 0.717) is 19.6 Å². The summed E-state index contributed by atoms with van der Waals surface area (Å²) in [5.74, 6) is 0.244. The summed E-state index contributed by atoms with van der Waals surface area (Å²) in [6, 6.07) is 7.94. The molecule has 1 heterocycles. The quantitative estimate of drug-likeness (QED) is 0.872. The van der Waals surface area contributed by atoms with Gasteiger partial charge in [0.1, 0.15) is 0 Å². The first-order chi connectivity index (χ1) is 11.6.